The lowest BCUT2D eigenvalue weighted by molar-refractivity contribution is -0.132. The van der Waals surface area contributed by atoms with E-state index in [1.165, 1.54) is 15.9 Å². The van der Waals surface area contributed by atoms with Crippen LogP contribution in [0.15, 0.2) is 59.5 Å². The molecule has 0 aliphatic carbocycles. The molecule has 0 spiro atoms. The van der Waals surface area contributed by atoms with E-state index in [0.717, 1.165) is 37.0 Å². The number of amides is 1. The molecule has 7 heteroatoms. The molecule has 2 aromatic carbocycles. The Balaban J connectivity index is 1.21. The van der Waals surface area contributed by atoms with Crippen LogP contribution in [0.3, 0.4) is 0 Å². The average molecular weight is 419 g/mol. The Bertz CT molecular complexity index is 1240. The maximum absolute atomic E-state index is 12.8. The Morgan fingerprint density at radius 3 is 2.67 bits per heavy atom. The van der Waals surface area contributed by atoms with Gasteiger partial charge in [-0.05, 0) is 37.1 Å². The summed E-state index contributed by atoms with van der Waals surface area (Å²) < 4.78 is 2.98. The van der Waals surface area contributed by atoms with Gasteiger partial charge in [0.15, 0.2) is 0 Å². The largest absolute Gasteiger partial charge is 0.343 e. The van der Waals surface area contributed by atoms with E-state index < -0.39 is 0 Å². The summed E-state index contributed by atoms with van der Waals surface area (Å²) in [7, 11) is 0. The Morgan fingerprint density at radius 1 is 1.07 bits per heavy atom. The highest BCUT2D eigenvalue weighted by atomic mass is 32.1. The van der Waals surface area contributed by atoms with Crippen molar-refractivity contribution in [2.24, 2.45) is 0 Å². The number of hydrogen-bond donors (Lipinski definition) is 0. The van der Waals surface area contributed by atoms with Crippen molar-refractivity contribution in [3.8, 4) is 0 Å². The minimum atomic E-state index is -0.0925. The quantitative estimate of drug-likeness (QED) is 0.506. The molecule has 1 amide bonds. The van der Waals surface area contributed by atoms with Crippen LogP contribution >= 0.6 is 11.3 Å². The van der Waals surface area contributed by atoms with Crippen LogP contribution in [0.4, 0.5) is 0 Å². The third-order valence-corrected chi connectivity index (χ3v) is 7.01. The van der Waals surface area contributed by atoms with Crippen LogP contribution in [0.5, 0.6) is 0 Å². The number of thiazole rings is 1. The molecule has 3 heterocycles. The van der Waals surface area contributed by atoms with Gasteiger partial charge in [0, 0.05) is 30.8 Å². The fourth-order valence-electron chi connectivity index (χ4n) is 4.14. The number of carbonyl (C=O) groups is 1. The minimum Gasteiger partial charge on any atom is -0.343 e. The number of benzene rings is 2. The molecule has 0 atom stereocenters. The van der Waals surface area contributed by atoms with Crippen LogP contribution < -0.4 is 5.43 Å². The minimum absolute atomic E-state index is 0.0925. The zero-order valence-corrected chi connectivity index (χ0v) is 17.3. The lowest BCUT2D eigenvalue weighted by Gasteiger charge is -2.31. The molecule has 5 rings (SSSR count). The van der Waals surface area contributed by atoms with Crippen LogP contribution in [0.1, 0.15) is 30.2 Å². The number of fused-ring (bicyclic) bond motifs is 2. The van der Waals surface area contributed by atoms with Gasteiger partial charge in [0.2, 0.25) is 11.3 Å². The smallest absolute Gasteiger partial charge is 0.224 e. The van der Waals surface area contributed by atoms with Crippen molar-refractivity contribution in [1.29, 1.82) is 0 Å². The number of likely N-dealkylation sites (tertiary alicyclic amines) is 1. The molecule has 0 radical (unpaired) electrons. The second-order valence-electron chi connectivity index (χ2n) is 7.67. The third-order valence-electron chi connectivity index (χ3n) is 5.81. The number of aryl methyl sites for hydroxylation is 1. The zero-order chi connectivity index (χ0) is 20.5. The first-order chi connectivity index (χ1) is 14.7. The van der Waals surface area contributed by atoms with Gasteiger partial charge in [0.25, 0.3) is 0 Å². The molecular weight excluding hydrogens is 396 g/mol. The first kappa shape index (κ1) is 18.9. The monoisotopic (exact) mass is 418 g/mol. The van der Waals surface area contributed by atoms with Gasteiger partial charge in [-0.2, -0.15) is 5.10 Å². The van der Waals surface area contributed by atoms with Gasteiger partial charge < -0.3 is 4.90 Å². The Morgan fingerprint density at radius 2 is 1.83 bits per heavy atom. The molecule has 152 valence electrons. The summed E-state index contributed by atoms with van der Waals surface area (Å²) in [5.41, 5.74) is 1.74. The fourth-order valence-corrected chi connectivity index (χ4v) is 5.28. The number of aromatic nitrogens is 3. The van der Waals surface area contributed by atoms with E-state index in [4.69, 9.17) is 4.98 Å². The van der Waals surface area contributed by atoms with Gasteiger partial charge in [-0.3, -0.25) is 14.3 Å². The normalized spacial score (nSPS) is 15.1. The summed E-state index contributed by atoms with van der Waals surface area (Å²) in [4.78, 5) is 31.5. The van der Waals surface area contributed by atoms with Crippen molar-refractivity contribution < 1.29 is 4.79 Å². The highest BCUT2D eigenvalue weighted by Gasteiger charge is 2.25. The molecule has 0 N–H and O–H groups in total. The average Bonchev–Trinajstić information content (AvgIpc) is 3.23. The SMILES string of the molecule is O=C(CCn1ncc(=O)c2ccccc21)N1CCC(c2nc3ccccc3s2)CC1. The summed E-state index contributed by atoms with van der Waals surface area (Å²) in [6.07, 6.45) is 3.61. The van der Waals surface area contributed by atoms with Crippen LogP contribution in [-0.4, -0.2) is 38.7 Å². The summed E-state index contributed by atoms with van der Waals surface area (Å²) in [6.45, 7) is 1.99. The number of nitrogens with zero attached hydrogens (tertiary/aromatic N) is 4. The number of hydrogen-bond acceptors (Lipinski definition) is 5. The number of rotatable bonds is 4. The van der Waals surface area contributed by atoms with Crippen LogP contribution in [0.2, 0.25) is 0 Å². The Kier molecular flexibility index (Phi) is 5.04. The Labute approximate surface area is 177 Å². The van der Waals surface area contributed by atoms with Gasteiger partial charge in [-0.25, -0.2) is 4.98 Å². The van der Waals surface area contributed by atoms with Gasteiger partial charge in [-0.1, -0.05) is 24.3 Å². The van der Waals surface area contributed by atoms with E-state index in [9.17, 15) is 9.59 Å². The molecule has 6 nitrogen and oxygen atoms in total. The molecule has 0 bridgehead atoms. The van der Waals surface area contributed by atoms with E-state index in [0.29, 0.717) is 24.3 Å². The van der Waals surface area contributed by atoms with Gasteiger partial charge in [-0.15, -0.1) is 11.3 Å². The predicted octanol–water partition coefficient (Wildman–Crippen LogP) is 3.80. The van der Waals surface area contributed by atoms with Crippen molar-refractivity contribution >= 4 is 38.4 Å². The van der Waals surface area contributed by atoms with Crippen LogP contribution in [0, 0.1) is 0 Å². The molecule has 4 aromatic rings. The second kappa shape index (κ2) is 7.99. The van der Waals surface area contributed by atoms with Crippen molar-refractivity contribution in [3.05, 3.63) is 70.0 Å². The molecule has 30 heavy (non-hydrogen) atoms. The van der Waals surface area contributed by atoms with Gasteiger partial charge in [0.1, 0.15) is 0 Å². The predicted molar refractivity (Wildman–Crippen MR) is 119 cm³/mol. The Hall–Kier alpha value is -3.06. The third kappa shape index (κ3) is 3.61. The van der Waals surface area contributed by atoms with E-state index in [-0.39, 0.29) is 11.3 Å². The lowest BCUT2D eigenvalue weighted by Crippen LogP contribution is -2.38. The molecule has 1 fully saturated rings. The molecular formula is C23H22N4O2S. The summed E-state index contributed by atoms with van der Waals surface area (Å²) in [5.74, 6) is 0.568. The van der Waals surface area contributed by atoms with E-state index in [2.05, 4.69) is 17.2 Å². The van der Waals surface area contributed by atoms with Crippen molar-refractivity contribution in [2.45, 2.75) is 31.7 Å². The maximum Gasteiger partial charge on any atom is 0.224 e. The first-order valence-electron chi connectivity index (χ1n) is 10.3. The van der Waals surface area contributed by atoms with E-state index >= 15 is 0 Å². The highest BCUT2D eigenvalue weighted by molar-refractivity contribution is 7.18. The van der Waals surface area contributed by atoms with Crippen molar-refractivity contribution in [3.63, 3.8) is 0 Å². The maximum atomic E-state index is 12.8. The molecule has 1 saturated heterocycles. The van der Waals surface area contributed by atoms with Crippen molar-refractivity contribution in [2.75, 3.05) is 13.1 Å². The first-order valence-corrected chi connectivity index (χ1v) is 11.1. The standard InChI is InChI=1S/C23H22N4O2S/c28-20-15-24-27(19-7-3-1-5-17(19)20)14-11-22(29)26-12-9-16(10-13-26)23-25-18-6-2-4-8-21(18)30-23/h1-8,15-16H,9-14H2. The van der Waals surface area contributed by atoms with Crippen LogP contribution in [-0.2, 0) is 11.3 Å². The second-order valence-corrected chi connectivity index (χ2v) is 8.74. The van der Waals surface area contributed by atoms with E-state index in [1.54, 1.807) is 22.1 Å². The fraction of sp³-hybridized carbons (Fsp3) is 0.304. The molecule has 0 unspecified atom stereocenters. The number of para-hydroxylation sites is 2. The van der Waals surface area contributed by atoms with E-state index in [1.807, 2.05) is 35.2 Å². The molecule has 1 aliphatic heterocycles. The number of piperidine rings is 1. The summed E-state index contributed by atoms with van der Waals surface area (Å²) in [6, 6.07) is 15.6. The van der Waals surface area contributed by atoms with Gasteiger partial charge in [0.05, 0.1) is 33.5 Å². The molecule has 1 aliphatic rings. The number of carbonyl (C=O) groups excluding carboxylic acids is 1. The van der Waals surface area contributed by atoms with Gasteiger partial charge >= 0.3 is 0 Å². The molecule has 0 saturated carbocycles. The summed E-state index contributed by atoms with van der Waals surface area (Å²) in [5, 5.41) is 6.05. The zero-order valence-electron chi connectivity index (χ0n) is 16.5. The topological polar surface area (TPSA) is 68.1 Å². The highest BCUT2D eigenvalue weighted by Crippen LogP contribution is 2.33. The van der Waals surface area contributed by atoms with Crippen molar-refractivity contribution in [1.82, 2.24) is 19.7 Å². The lowest BCUT2D eigenvalue weighted by atomic mass is 9.97. The van der Waals surface area contributed by atoms with Crippen LogP contribution in [0.25, 0.3) is 21.1 Å². The summed E-state index contributed by atoms with van der Waals surface area (Å²) >= 11 is 1.77. The molecule has 2 aromatic heterocycles.